The van der Waals surface area contributed by atoms with Crippen LogP contribution in [0.4, 0.5) is 5.69 Å². The van der Waals surface area contributed by atoms with Gasteiger partial charge >= 0.3 is 0 Å². The van der Waals surface area contributed by atoms with Gasteiger partial charge in [-0.2, -0.15) is 0 Å². The van der Waals surface area contributed by atoms with Gasteiger partial charge in [0.1, 0.15) is 22.8 Å². The summed E-state index contributed by atoms with van der Waals surface area (Å²) in [4.78, 5) is 26.8. The largest absolute Gasteiger partial charge is 0.497 e. The van der Waals surface area contributed by atoms with Crippen molar-refractivity contribution in [1.29, 1.82) is 0 Å². The minimum atomic E-state index is -0.593. The first-order valence-corrected chi connectivity index (χ1v) is 10.6. The van der Waals surface area contributed by atoms with Gasteiger partial charge in [0.15, 0.2) is 5.11 Å². The third-order valence-corrected chi connectivity index (χ3v) is 6.07. The highest BCUT2D eigenvalue weighted by atomic mass is 79.9. The van der Waals surface area contributed by atoms with Crippen LogP contribution in [0.3, 0.4) is 0 Å². The average Bonchev–Trinajstić information content (AvgIpc) is 3.22. The Morgan fingerprint density at radius 2 is 1.87 bits per heavy atom. The maximum Gasteiger partial charge on any atom is 0.270 e. The van der Waals surface area contributed by atoms with E-state index in [2.05, 4.69) is 21.2 Å². The molecule has 0 spiro atoms. The van der Waals surface area contributed by atoms with Crippen molar-refractivity contribution >= 4 is 68.4 Å². The molecule has 2 amide bonds. The van der Waals surface area contributed by atoms with Crippen molar-refractivity contribution in [3.8, 4) is 17.1 Å². The average molecular weight is 518 g/mol. The molecule has 31 heavy (non-hydrogen) atoms. The molecule has 0 saturated carbocycles. The highest BCUT2D eigenvalue weighted by molar-refractivity contribution is 9.10. The number of ether oxygens (including phenoxy) is 1. The van der Waals surface area contributed by atoms with Crippen LogP contribution in [0, 0.1) is 0 Å². The van der Waals surface area contributed by atoms with Crippen molar-refractivity contribution in [3.63, 3.8) is 0 Å². The van der Waals surface area contributed by atoms with Gasteiger partial charge in [-0.3, -0.25) is 19.8 Å². The predicted octanol–water partition coefficient (Wildman–Crippen LogP) is 5.20. The number of hydrogen-bond acceptors (Lipinski definition) is 5. The summed E-state index contributed by atoms with van der Waals surface area (Å²) in [7, 11) is 1.55. The number of halogens is 2. The quantitative estimate of drug-likeness (QED) is 0.292. The number of nitrogens with one attached hydrogen (secondary N) is 1. The number of furan rings is 1. The third-order valence-electron chi connectivity index (χ3n) is 4.55. The van der Waals surface area contributed by atoms with E-state index in [4.69, 9.17) is 33.0 Å². The zero-order valence-electron chi connectivity index (χ0n) is 16.0. The van der Waals surface area contributed by atoms with E-state index >= 15 is 0 Å². The van der Waals surface area contributed by atoms with Gasteiger partial charge in [-0.05, 0) is 82.8 Å². The molecule has 0 unspecified atom stereocenters. The predicted molar refractivity (Wildman–Crippen MR) is 126 cm³/mol. The van der Waals surface area contributed by atoms with Gasteiger partial charge in [-0.1, -0.05) is 17.7 Å². The molecule has 0 radical (unpaired) electrons. The Kier molecular flexibility index (Phi) is 5.95. The molecular formula is C22H14BrClN2O4S. The van der Waals surface area contributed by atoms with Gasteiger partial charge in [0.05, 0.1) is 17.8 Å². The lowest BCUT2D eigenvalue weighted by molar-refractivity contribution is -0.122. The molecule has 0 aliphatic carbocycles. The Morgan fingerprint density at radius 1 is 1.13 bits per heavy atom. The topological polar surface area (TPSA) is 71.8 Å². The maximum atomic E-state index is 13.1. The number of anilines is 1. The first-order valence-electron chi connectivity index (χ1n) is 8.98. The van der Waals surface area contributed by atoms with Crippen molar-refractivity contribution in [3.05, 3.63) is 75.4 Å². The minimum absolute atomic E-state index is 0.00181. The van der Waals surface area contributed by atoms with Gasteiger partial charge in [-0.25, -0.2) is 0 Å². The van der Waals surface area contributed by atoms with Crippen LogP contribution < -0.4 is 15.0 Å². The number of hydrogen-bond donors (Lipinski definition) is 1. The number of thiocarbonyl (C=S) groups is 1. The zero-order chi connectivity index (χ0) is 22.1. The number of carbonyl (C=O) groups is 2. The van der Waals surface area contributed by atoms with Gasteiger partial charge in [0, 0.05) is 10.0 Å². The van der Waals surface area contributed by atoms with Crippen LogP contribution in [0.15, 0.2) is 69.1 Å². The number of amides is 2. The van der Waals surface area contributed by atoms with Crippen molar-refractivity contribution in [2.24, 2.45) is 0 Å². The molecule has 0 bridgehead atoms. The van der Waals surface area contributed by atoms with Crippen LogP contribution in [-0.4, -0.2) is 24.0 Å². The van der Waals surface area contributed by atoms with E-state index in [1.165, 1.54) is 11.0 Å². The Balaban J connectivity index is 1.65. The van der Waals surface area contributed by atoms with Crippen LogP contribution in [0.1, 0.15) is 5.76 Å². The SMILES string of the molecule is COc1ccc(N2C(=O)/C(=C/c3ccc(-c4ccc(Br)c(Cl)c4)o3)C(=O)NC2=S)cc1. The summed E-state index contributed by atoms with van der Waals surface area (Å²) in [5.41, 5.74) is 1.17. The summed E-state index contributed by atoms with van der Waals surface area (Å²) in [5.74, 6) is 0.380. The van der Waals surface area contributed by atoms with E-state index in [9.17, 15) is 9.59 Å². The van der Waals surface area contributed by atoms with E-state index in [1.54, 1.807) is 49.6 Å². The summed E-state index contributed by atoms with van der Waals surface area (Å²) in [6, 6.07) is 15.6. The van der Waals surface area contributed by atoms with Crippen molar-refractivity contribution in [2.75, 3.05) is 12.0 Å². The highest BCUT2D eigenvalue weighted by Crippen LogP contribution is 2.31. The molecule has 6 nitrogen and oxygen atoms in total. The molecule has 1 aliphatic rings. The molecule has 1 saturated heterocycles. The van der Waals surface area contributed by atoms with Gasteiger partial charge in [-0.15, -0.1) is 0 Å². The normalized spacial score (nSPS) is 15.4. The monoisotopic (exact) mass is 516 g/mol. The van der Waals surface area contributed by atoms with E-state index in [1.807, 2.05) is 12.1 Å². The van der Waals surface area contributed by atoms with E-state index in [-0.39, 0.29) is 10.7 Å². The van der Waals surface area contributed by atoms with Crippen LogP contribution in [0.25, 0.3) is 17.4 Å². The smallest absolute Gasteiger partial charge is 0.270 e. The van der Waals surface area contributed by atoms with E-state index < -0.39 is 11.8 Å². The van der Waals surface area contributed by atoms with Gasteiger partial charge < -0.3 is 9.15 Å². The molecule has 1 fully saturated rings. The summed E-state index contributed by atoms with van der Waals surface area (Å²) in [5, 5.41) is 3.09. The zero-order valence-corrected chi connectivity index (χ0v) is 19.2. The number of carbonyl (C=O) groups excluding carboxylic acids is 2. The van der Waals surface area contributed by atoms with Crippen LogP contribution >= 0.6 is 39.7 Å². The number of rotatable bonds is 4. The fraction of sp³-hybridized carbons (Fsp3) is 0.0455. The molecular weight excluding hydrogens is 504 g/mol. The van der Waals surface area contributed by atoms with Crippen molar-refractivity contribution in [2.45, 2.75) is 0 Å². The van der Waals surface area contributed by atoms with Crippen molar-refractivity contribution < 1.29 is 18.7 Å². The first-order chi connectivity index (χ1) is 14.9. The summed E-state index contributed by atoms with van der Waals surface area (Å²) >= 11 is 14.7. The lowest BCUT2D eigenvalue weighted by atomic mass is 10.1. The summed E-state index contributed by atoms with van der Waals surface area (Å²) < 4.78 is 11.7. The molecule has 0 atom stereocenters. The number of nitrogens with zero attached hydrogens (tertiary/aromatic N) is 1. The standard InChI is InChI=1S/C22H14BrClN2O4S/c1-29-14-5-3-13(4-6-14)26-21(28)16(20(27)25-22(26)31)11-15-7-9-19(30-15)12-2-8-17(23)18(24)10-12/h2-11H,1H3,(H,25,27,31)/b16-11+. The second-order valence-corrected chi connectivity index (χ2v) is 8.14. The fourth-order valence-corrected chi connectivity index (χ4v) is 3.71. The van der Waals surface area contributed by atoms with Crippen LogP contribution in [0.5, 0.6) is 5.75 Å². The number of benzene rings is 2. The lowest BCUT2D eigenvalue weighted by Crippen LogP contribution is -2.54. The second kappa shape index (κ2) is 8.66. The molecule has 4 rings (SSSR count). The third kappa shape index (κ3) is 4.27. The van der Waals surface area contributed by atoms with Gasteiger partial charge in [0.25, 0.3) is 11.8 Å². The maximum absolute atomic E-state index is 13.1. The van der Waals surface area contributed by atoms with Crippen molar-refractivity contribution in [1.82, 2.24) is 5.32 Å². The molecule has 2 aromatic carbocycles. The lowest BCUT2D eigenvalue weighted by Gasteiger charge is -2.28. The Labute approximate surface area is 196 Å². The first kappa shape index (κ1) is 21.3. The Bertz CT molecular complexity index is 1240. The molecule has 1 N–H and O–H groups in total. The van der Waals surface area contributed by atoms with E-state index in [0.29, 0.717) is 28.0 Å². The highest BCUT2D eigenvalue weighted by Gasteiger charge is 2.34. The summed E-state index contributed by atoms with van der Waals surface area (Å²) in [6.45, 7) is 0. The molecule has 1 aromatic heterocycles. The summed E-state index contributed by atoms with van der Waals surface area (Å²) in [6.07, 6.45) is 1.39. The second-order valence-electron chi connectivity index (χ2n) is 6.49. The molecule has 3 aromatic rings. The number of methoxy groups -OCH3 is 1. The van der Waals surface area contributed by atoms with E-state index in [0.717, 1.165) is 10.0 Å². The molecule has 9 heteroatoms. The van der Waals surface area contributed by atoms with Crippen LogP contribution in [0.2, 0.25) is 5.02 Å². The Hall–Kier alpha value is -2.94. The van der Waals surface area contributed by atoms with Gasteiger partial charge in [0.2, 0.25) is 0 Å². The molecule has 2 heterocycles. The molecule has 1 aliphatic heterocycles. The van der Waals surface area contributed by atoms with Crippen LogP contribution in [-0.2, 0) is 9.59 Å². The Morgan fingerprint density at radius 3 is 2.55 bits per heavy atom. The minimum Gasteiger partial charge on any atom is -0.497 e. The fourth-order valence-electron chi connectivity index (χ4n) is 3.00. The molecule has 156 valence electrons.